The molecule has 0 aliphatic rings. The van der Waals surface area contributed by atoms with E-state index in [1.54, 1.807) is 18.5 Å². The second kappa shape index (κ2) is 2.31. The molecule has 0 atom stereocenters. The van der Waals surface area contributed by atoms with Gasteiger partial charge in [-0.15, -0.1) is 0 Å². The zero-order valence-corrected chi connectivity index (χ0v) is 5.09. The van der Waals surface area contributed by atoms with Crippen LogP contribution in [0.1, 0.15) is 12.8 Å². The molecular weight excluding hydrogens is 112 g/mol. The number of rotatable bonds is 2. The van der Waals surface area contributed by atoms with E-state index in [2.05, 4.69) is 23.1 Å². The quantitative estimate of drug-likeness (QED) is 0.638. The minimum Gasteiger partial charge on any atom is -0.345 e. The first-order valence-electron chi connectivity index (χ1n) is 2.66. The van der Waals surface area contributed by atoms with Crippen LogP contribution >= 0.6 is 0 Å². The smallest absolute Gasteiger partial charge is 0.0931 e. The van der Waals surface area contributed by atoms with Gasteiger partial charge in [-0.25, -0.2) is 4.98 Å². The molecule has 0 spiro atoms. The molecule has 9 heavy (non-hydrogen) atoms. The predicted octanol–water partition coefficient (Wildman–Crippen LogP) is 1.94. The molecule has 1 heterocycles. The monoisotopic (exact) mass is 122 g/mol. The standard InChI is InChI=1S/C7H8N2.H2/c1-3-6-7(4-2)9-5-8-6;/h3-5H,1-2H2,(H,8,9);1H. The average Bonchev–Trinajstić information content (AvgIpc) is 2.33. The number of aromatic nitrogens is 2. The number of hydrogen-bond donors (Lipinski definition) is 1. The van der Waals surface area contributed by atoms with E-state index >= 15 is 0 Å². The summed E-state index contributed by atoms with van der Waals surface area (Å²) in [6, 6.07) is 0. The molecule has 0 bridgehead atoms. The topological polar surface area (TPSA) is 28.7 Å². The first kappa shape index (κ1) is 5.82. The highest BCUT2D eigenvalue weighted by molar-refractivity contribution is 5.56. The molecule has 0 fully saturated rings. The van der Waals surface area contributed by atoms with E-state index in [4.69, 9.17) is 0 Å². The van der Waals surface area contributed by atoms with Gasteiger partial charge in [0.05, 0.1) is 17.7 Å². The molecule has 2 nitrogen and oxygen atoms in total. The van der Waals surface area contributed by atoms with Crippen LogP contribution in [0.2, 0.25) is 0 Å². The summed E-state index contributed by atoms with van der Waals surface area (Å²) in [5.41, 5.74) is 1.77. The molecule has 0 unspecified atom stereocenters. The Labute approximate surface area is 55.4 Å². The second-order valence-electron chi connectivity index (χ2n) is 1.61. The Morgan fingerprint density at radius 3 is 2.78 bits per heavy atom. The van der Waals surface area contributed by atoms with Gasteiger partial charge < -0.3 is 4.98 Å². The Morgan fingerprint density at radius 2 is 2.33 bits per heavy atom. The first-order valence-corrected chi connectivity index (χ1v) is 2.66. The van der Waals surface area contributed by atoms with E-state index in [9.17, 15) is 0 Å². The largest absolute Gasteiger partial charge is 0.345 e. The fraction of sp³-hybridized carbons (Fsp3) is 0. The lowest BCUT2D eigenvalue weighted by Gasteiger charge is -1.84. The van der Waals surface area contributed by atoms with Crippen LogP contribution in [0.5, 0.6) is 0 Å². The van der Waals surface area contributed by atoms with Gasteiger partial charge in [0.1, 0.15) is 0 Å². The number of hydrogen-bond acceptors (Lipinski definition) is 1. The molecule has 0 aliphatic carbocycles. The van der Waals surface area contributed by atoms with Crippen LogP contribution in [-0.2, 0) is 0 Å². The number of H-pyrrole nitrogens is 1. The Kier molecular flexibility index (Phi) is 1.49. The van der Waals surface area contributed by atoms with Crippen molar-refractivity contribution in [2.24, 2.45) is 0 Å². The highest BCUT2D eigenvalue weighted by atomic mass is 14.9. The van der Waals surface area contributed by atoms with Crippen LogP contribution < -0.4 is 0 Å². The van der Waals surface area contributed by atoms with Crippen LogP contribution in [0.3, 0.4) is 0 Å². The molecule has 0 saturated carbocycles. The van der Waals surface area contributed by atoms with Gasteiger partial charge in [-0.1, -0.05) is 13.2 Å². The SMILES string of the molecule is C=Cc1nc[nH]c1C=C.[HH]. The molecule has 0 aliphatic heterocycles. The lowest BCUT2D eigenvalue weighted by Crippen LogP contribution is -1.73. The fourth-order valence-corrected chi connectivity index (χ4v) is 0.641. The number of aromatic amines is 1. The lowest BCUT2D eigenvalue weighted by atomic mass is 10.3. The molecule has 0 aromatic carbocycles. The van der Waals surface area contributed by atoms with Crippen molar-refractivity contribution >= 4 is 12.2 Å². The maximum Gasteiger partial charge on any atom is 0.0931 e. The summed E-state index contributed by atoms with van der Waals surface area (Å²) in [6.45, 7) is 7.17. The van der Waals surface area contributed by atoms with Gasteiger partial charge in [0.2, 0.25) is 0 Å². The lowest BCUT2D eigenvalue weighted by molar-refractivity contribution is 1.30. The minimum absolute atomic E-state index is 0. The summed E-state index contributed by atoms with van der Waals surface area (Å²) in [7, 11) is 0. The van der Waals surface area contributed by atoms with Gasteiger partial charge in [0, 0.05) is 1.43 Å². The summed E-state index contributed by atoms with van der Waals surface area (Å²) in [5, 5.41) is 0. The molecule has 48 valence electrons. The van der Waals surface area contributed by atoms with Crippen LogP contribution in [0.4, 0.5) is 0 Å². The summed E-state index contributed by atoms with van der Waals surface area (Å²) in [4.78, 5) is 6.87. The molecule has 0 amide bonds. The number of nitrogens with one attached hydrogen (secondary N) is 1. The van der Waals surface area contributed by atoms with Gasteiger partial charge in [-0.2, -0.15) is 0 Å². The van der Waals surface area contributed by atoms with Crippen molar-refractivity contribution in [3.05, 3.63) is 30.9 Å². The first-order chi connectivity index (χ1) is 4.38. The number of imidazole rings is 1. The van der Waals surface area contributed by atoms with Gasteiger partial charge in [-0.3, -0.25) is 0 Å². The highest BCUT2D eigenvalue weighted by Gasteiger charge is 1.93. The Balaban J connectivity index is 0.000000810. The third-order valence-corrected chi connectivity index (χ3v) is 1.10. The molecule has 2 heteroatoms. The molecule has 0 radical (unpaired) electrons. The predicted molar refractivity (Wildman–Crippen MR) is 40.9 cm³/mol. The van der Waals surface area contributed by atoms with Crippen molar-refractivity contribution in [2.45, 2.75) is 0 Å². The van der Waals surface area contributed by atoms with Crippen LogP contribution in [0.15, 0.2) is 19.5 Å². The normalized spacial score (nSPS) is 8.89. The molecule has 1 aromatic heterocycles. The Morgan fingerprint density at radius 1 is 1.56 bits per heavy atom. The van der Waals surface area contributed by atoms with Crippen molar-refractivity contribution in [2.75, 3.05) is 0 Å². The van der Waals surface area contributed by atoms with Gasteiger partial charge in [-0.05, 0) is 12.2 Å². The van der Waals surface area contributed by atoms with Crippen molar-refractivity contribution in [3.63, 3.8) is 0 Å². The highest BCUT2D eigenvalue weighted by Crippen LogP contribution is 2.03. The maximum absolute atomic E-state index is 3.96. The van der Waals surface area contributed by atoms with Gasteiger partial charge in [0.15, 0.2) is 0 Å². The van der Waals surface area contributed by atoms with Crippen molar-refractivity contribution in [1.82, 2.24) is 9.97 Å². The average molecular weight is 122 g/mol. The summed E-state index contributed by atoms with van der Waals surface area (Å²) in [6.07, 6.45) is 5.02. The van der Waals surface area contributed by atoms with E-state index in [0.29, 0.717) is 0 Å². The molecule has 1 N–H and O–H groups in total. The molecule has 1 aromatic rings. The van der Waals surface area contributed by atoms with E-state index in [0.717, 1.165) is 11.4 Å². The zero-order valence-electron chi connectivity index (χ0n) is 5.09. The fourth-order valence-electron chi connectivity index (χ4n) is 0.641. The molecule has 1 rings (SSSR count). The Hall–Kier alpha value is -1.31. The van der Waals surface area contributed by atoms with E-state index in [1.807, 2.05) is 0 Å². The maximum atomic E-state index is 3.96. The van der Waals surface area contributed by atoms with Gasteiger partial charge in [0.25, 0.3) is 0 Å². The van der Waals surface area contributed by atoms with Crippen molar-refractivity contribution in [1.29, 1.82) is 0 Å². The molecule has 0 saturated heterocycles. The van der Waals surface area contributed by atoms with Crippen LogP contribution in [0, 0.1) is 0 Å². The summed E-state index contributed by atoms with van der Waals surface area (Å²) >= 11 is 0. The summed E-state index contributed by atoms with van der Waals surface area (Å²) < 4.78 is 0. The van der Waals surface area contributed by atoms with E-state index in [-0.39, 0.29) is 1.43 Å². The van der Waals surface area contributed by atoms with Gasteiger partial charge >= 0.3 is 0 Å². The minimum atomic E-state index is 0. The van der Waals surface area contributed by atoms with Crippen LogP contribution in [0.25, 0.3) is 12.2 Å². The number of nitrogens with zero attached hydrogens (tertiary/aromatic N) is 1. The summed E-state index contributed by atoms with van der Waals surface area (Å²) in [5.74, 6) is 0. The third kappa shape index (κ3) is 0.914. The van der Waals surface area contributed by atoms with Crippen molar-refractivity contribution in [3.8, 4) is 0 Å². The third-order valence-electron chi connectivity index (χ3n) is 1.10. The van der Waals surface area contributed by atoms with E-state index < -0.39 is 0 Å². The zero-order chi connectivity index (χ0) is 6.69. The van der Waals surface area contributed by atoms with Crippen LogP contribution in [-0.4, -0.2) is 9.97 Å². The Bertz CT molecular complexity index is 205. The molecular formula is C7H10N2. The second-order valence-corrected chi connectivity index (χ2v) is 1.61. The van der Waals surface area contributed by atoms with E-state index in [1.165, 1.54) is 0 Å². The van der Waals surface area contributed by atoms with Crippen molar-refractivity contribution < 1.29 is 1.43 Å².